The van der Waals surface area contributed by atoms with Crippen molar-refractivity contribution in [3.63, 3.8) is 0 Å². The monoisotopic (exact) mass is 342 g/mol. The second-order valence-electron chi connectivity index (χ2n) is 6.80. The fourth-order valence-electron chi connectivity index (χ4n) is 2.96. The smallest absolute Gasteiger partial charge is 0.345 e. The van der Waals surface area contributed by atoms with Gasteiger partial charge in [-0.2, -0.15) is 0 Å². The van der Waals surface area contributed by atoms with Crippen LogP contribution in [0.3, 0.4) is 0 Å². The van der Waals surface area contributed by atoms with E-state index in [1.807, 2.05) is 0 Å². The molecule has 1 N–H and O–H groups in total. The zero-order chi connectivity index (χ0) is 18.2. The van der Waals surface area contributed by atoms with Crippen molar-refractivity contribution in [2.24, 2.45) is 5.92 Å². The van der Waals surface area contributed by atoms with E-state index < -0.39 is 12.1 Å². The van der Waals surface area contributed by atoms with Crippen molar-refractivity contribution in [1.29, 1.82) is 0 Å². The minimum absolute atomic E-state index is 0.334. The molecule has 0 aromatic carbocycles. The largest absolute Gasteiger partial charge is 0.479 e. The molecule has 0 fully saturated rings. The van der Waals surface area contributed by atoms with Gasteiger partial charge in [-0.05, 0) is 25.2 Å². The average Bonchev–Trinajstić information content (AvgIpc) is 2.56. The van der Waals surface area contributed by atoms with Crippen LogP contribution in [0.5, 0.6) is 0 Å². The predicted octanol–water partition coefficient (Wildman–Crippen LogP) is 5.73. The molecule has 4 heteroatoms. The topological polar surface area (TPSA) is 63.6 Å². The van der Waals surface area contributed by atoms with Crippen molar-refractivity contribution in [2.45, 2.75) is 110 Å². The summed E-state index contributed by atoms with van der Waals surface area (Å²) in [5.74, 6) is -0.646. The first-order valence-corrected chi connectivity index (χ1v) is 9.97. The van der Waals surface area contributed by atoms with E-state index >= 15 is 0 Å². The van der Waals surface area contributed by atoms with Gasteiger partial charge in [-0.25, -0.2) is 4.79 Å². The molecule has 0 aromatic heterocycles. The van der Waals surface area contributed by atoms with Crippen LogP contribution in [0.4, 0.5) is 0 Å². The van der Waals surface area contributed by atoms with Crippen molar-refractivity contribution < 1.29 is 19.4 Å². The molecule has 0 spiro atoms. The Bertz CT molecular complexity index is 324. The first-order chi connectivity index (χ1) is 11.5. The van der Waals surface area contributed by atoms with Crippen LogP contribution in [0.1, 0.15) is 104 Å². The molecule has 0 rings (SSSR count). The molecule has 0 bridgehead atoms. The molecule has 0 radical (unpaired) electrons. The van der Waals surface area contributed by atoms with Crippen LogP contribution >= 0.6 is 0 Å². The van der Waals surface area contributed by atoms with Gasteiger partial charge in [0.15, 0.2) is 6.10 Å². The van der Waals surface area contributed by atoms with Crippen LogP contribution < -0.4 is 0 Å². The summed E-state index contributed by atoms with van der Waals surface area (Å²) in [6.45, 7) is 6.56. The van der Waals surface area contributed by atoms with E-state index in [9.17, 15) is 14.7 Å². The molecule has 24 heavy (non-hydrogen) atoms. The summed E-state index contributed by atoms with van der Waals surface area (Å²) in [6.07, 6.45) is 11.7. The van der Waals surface area contributed by atoms with Crippen LogP contribution in [0.15, 0.2) is 0 Å². The molecule has 0 amide bonds. The van der Waals surface area contributed by atoms with Crippen molar-refractivity contribution in [2.75, 3.05) is 0 Å². The number of carbonyl (C=O) groups excluding carboxylic acids is 1. The third kappa shape index (κ3) is 12.4. The van der Waals surface area contributed by atoms with E-state index in [2.05, 4.69) is 20.8 Å². The average molecular weight is 343 g/mol. The standard InChI is InChI=1S/C20H38O4/c1-4-7-8-9-10-11-15-18(20(22)23)24-19(21)16-13-12-14-17(5-2)6-3/h17-18H,4-16H2,1-3H3,(H,22,23). The Morgan fingerprint density at radius 3 is 2.00 bits per heavy atom. The highest BCUT2D eigenvalue weighted by Gasteiger charge is 2.21. The quantitative estimate of drug-likeness (QED) is 0.287. The van der Waals surface area contributed by atoms with Crippen LogP contribution in [0.2, 0.25) is 0 Å². The maximum atomic E-state index is 11.8. The van der Waals surface area contributed by atoms with Crippen molar-refractivity contribution in [3.8, 4) is 0 Å². The summed E-state index contributed by atoms with van der Waals surface area (Å²) in [4.78, 5) is 23.1. The van der Waals surface area contributed by atoms with Gasteiger partial charge < -0.3 is 9.84 Å². The second-order valence-corrected chi connectivity index (χ2v) is 6.80. The Labute approximate surface area is 148 Å². The van der Waals surface area contributed by atoms with Crippen LogP contribution in [0, 0.1) is 5.92 Å². The minimum atomic E-state index is -1.02. The Morgan fingerprint density at radius 2 is 1.42 bits per heavy atom. The second kappa shape index (κ2) is 15.5. The van der Waals surface area contributed by atoms with Gasteiger partial charge in [-0.15, -0.1) is 0 Å². The van der Waals surface area contributed by atoms with Crippen LogP contribution in [0.25, 0.3) is 0 Å². The number of hydrogen-bond donors (Lipinski definition) is 1. The van der Waals surface area contributed by atoms with E-state index in [4.69, 9.17) is 4.74 Å². The maximum Gasteiger partial charge on any atom is 0.345 e. The SMILES string of the molecule is CCCCCCCCC(OC(=O)CCCCC(CC)CC)C(=O)O. The number of carboxylic acids is 1. The summed E-state index contributed by atoms with van der Waals surface area (Å²) in [6, 6.07) is 0. The highest BCUT2D eigenvalue weighted by Crippen LogP contribution is 2.17. The molecule has 0 aromatic rings. The van der Waals surface area contributed by atoms with E-state index in [1.165, 1.54) is 32.1 Å². The molecule has 0 heterocycles. The zero-order valence-electron chi connectivity index (χ0n) is 16.0. The van der Waals surface area contributed by atoms with Gasteiger partial charge in [0.1, 0.15) is 0 Å². The zero-order valence-corrected chi connectivity index (χ0v) is 16.0. The van der Waals surface area contributed by atoms with Gasteiger partial charge in [0.25, 0.3) is 0 Å². The van der Waals surface area contributed by atoms with Crippen LogP contribution in [-0.2, 0) is 14.3 Å². The van der Waals surface area contributed by atoms with Gasteiger partial charge in [0.2, 0.25) is 0 Å². The number of carboxylic acid groups (broad SMARTS) is 1. The Hall–Kier alpha value is -1.06. The minimum Gasteiger partial charge on any atom is -0.479 e. The summed E-state index contributed by atoms with van der Waals surface area (Å²) in [5.41, 5.74) is 0. The first-order valence-electron chi connectivity index (χ1n) is 9.97. The van der Waals surface area contributed by atoms with Gasteiger partial charge in [0.05, 0.1) is 0 Å². The predicted molar refractivity (Wildman–Crippen MR) is 98.0 cm³/mol. The lowest BCUT2D eigenvalue weighted by atomic mass is 9.96. The molecule has 0 aliphatic rings. The number of hydrogen-bond acceptors (Lipinski definition) is 3. The third-order valence-electron chi connectivity index (χ3n) is 4.77. The lowest BCUT2D eigenvalue weighted by Gasteiger charge is -2.14. The van der Waals surface area contributed by atoms with Gasteiger partial charge in [-0.3, -0.25) is 4.79 Å². The maximum absolute atomic E-state index is 11.8. The molecule has 4 nitrogen and oxygen atoms in total. The first kappa shape index (κ1) is 22.9. The molecule has 1 unspecified atom stereocenters. The molecule has 142 valence electrons. The molecular weight excluding hydrogens is 304 g/mol. The third-order valence-corrected chi connectivity index (χ3v) is 4.77. The fraction of sp³-hybridized carbons (Fsp3) is 0.900. The molecular formula is C20H38O4. The summed E-state index contributed by atoms with van der Waals surface area (Å²) < 4.78 is 5.16. The molecule has 0 aliphatic carbocycles. The van der Waals surface area contributed by atoms with E-state index in [1.54, 1.807) is 0 Å². The van der Waals surface area contributed by atoms with Crippen LogP contribution in [-0.4, -0.2) is 23.1 Å². The summed E-state index contributed by atoms with van der Waals surface area (Å²) in [5, 5.41) is 9.19. The normalized spacial score (nSPS) is 12.3. The van der Waals surface area contributed by atoms with Gasteiger partial charge >= 0.3 is 11.9 Å². The van der Waals surface area contributed by atoms with Crippen molar-refractivity contribution in [1.82, 2.24) is 0 Å². The van der Waals surface area contributed by atoms with Crippen molar-refractivity contribution in [3.05, 3.63) is 0 Å². The lowest BCUT2D eigenvalue weighted by molar-refractivity contribution is -0.164. The lowest BCUT2D eigenvalue weighted by Crippen LogP contribution is -2.27. The molecule has 0 saturated heterocycles. The molecule has 0 aliphatic heterocycles. The Balaban J connectivity index is 3.88. The molecule has 1 atom stereocenters. The summed E-state index contributed by atoms with van der Waals surface area (Å²) >= 11 is 0. The fourth-order valence-corrected chi connectivity index (χ4v) is 2.96. The highest BCUT2D eigenvalue weighted by atomic mass is 16.6. The number of carbonyl (C=O) groups is 2. The number of unbranched alkanes of at least 4 members (excludes halogenated alkanes) is 6. The van der Waals surface area contributed by atoms with Gasteiger partial charge in [-0.1, -0.05) is 78.6 Å². The summed E-state index contributed by atoms with van der Waals surface area (Å²) in [7, 11) is 0. The number of esters is 1. The number of rotatable bonds is 16. The number of ether oxygens (including phenoxy) is 1. The van der Waals surface area contributed by atoms with Crippen molar-refractivity contribution >= 4 is 11.9 Å². The Kier molecular flexibility index (Phi) is 14.8. The molecule has 0 saturated carbocycles. The van der Waals surface area contributed by atoms with Gasteiger partial charge in [0, 0.05) is 6.42 Å². The van der Waals surface area contributed by atoms with E-state index in [-0.39, 0.29) is 5.97 Å². The van der Waals surface area contributed by atoms with E-state index in [0.717, 1.165) is 44.4 Å². The van der Waals surface area contributed by atoms with E-state index in [0.29, 0.717) is 12.8 Å². The highest BCUT2D eigenvalue weighted by molar-refractivity contribution is 5.77. The number of aliphatic carboxylic acids is 1. The Morgan fingerprint density at radius 1 is 0.833 bits per heavy atom.